The van der Waals surface area contributed by atoms with E-state index < -0.39 is 47.6 Å². The molecule has 0 spiro atoms. The number of hydrogen-bond donors (Lipinski definition) is 1. The van der Waals surface area contributed by atoms with Crippen molar-refractivity contribution in [3.8, 4) is 0 Å². The van der Waals surface area contributed by atoms with Gasteiger partial charge in [-0.05, 0) is 61.6 Å². The lowest BCUT2D eigenvalue weighted by atomic mass is 9.98. The maximum atomic E-state index is 13.8. The van der Waals surface area contributed by atoms with Gasteiger partial charge in [0.15, 0.2) is 6.61 Å². The lowest BCUT2D eigenvalue weighted by Crippen LogP contribution is -2.46. The van der Waals surface area contributed by atoms with Gasteiger partial charge >= 0.3 is 5.97 Å². The number of aryl methyl sites for hydroxylation is 3. The Bertz CT molecular complexity index is 965. The van der Waals surface area contributed by atoms with Crippen molar-refractivity contribution < 1.29 is 27.9 Å². The first-order valence-electron chi connectivity index (χ1n) is 9.55. The summed E-state index contributed by atoms with van der Waals surface area (Å²) in [5.74, 6) is -4.82. The van der Waals surface area contributed by atoms with Gasteiger partial charge in [0.25, 0.3) is 5.91 Å². The molecule has 0 saturated heterocycles. The number of carbonyl (C=O) groups is 3. The second-order valence-electron chi connectivity index (χ2n) is 7.57. The van der Waals surface area contributed by atoms with E-state index in [2.05, 4.69) is 5.32 Å². The van der Waals surface area contributed by atoms with Crippen LogP contribution in [0.15, 0.2) is 30.3 Å². The lowest BCUT2D eigenvalue weighted by molar-refractivity contribution is -0.145. The number of carbonyl (C=O) groups excluding carboxylic acids is 3. The van der Waals surface area contributed by atoms with E-state index in [1.807, 2.05) is 19.9 Å². The summed E-state index contributed by atoms with van der Waals surface area (Å²) in [6.07, 6.45) is 0. The highest BCUT2D eigenvalue weighted by atomic mass is 19.1. The fourth-order valence-electron chi connectivity index (χ4n) is 2.99. The molecule has 0 unspecified atom stereocenters. The van der Waals surface area contributed by atoms with E-state index in [0.29, 0.717) is 5.56 Å². The summed E-state index contributed by atoms with van der Waals surface area (Å²) >= 11 is 0. The zero-order valence-corrected chi connectivity index (χ0v) is 17.6. The molecule has 0 aliphatic heterocycles. The maximum Gasteiger partial charge on any atom is 0.329 e. The van der Waals surface area contributed by atoms with E-state index in [4.69, 9.17) is 4.74 Å². The molecule has 0 saturated carbocycles. The van der Waals surface area contributed by atoms with Crippen LogP contribution in [0.4, 0.5) is 8.78 Å². The molecule has 5 nitrogen and oxygen atoms in total. The number of nitrogens with one attached hydrogen (secondary N) is 1. The highest BCUT2D eigenvalue weighted by molar-refractivity contribution is 6.00. The Morgan fingerprint density at radius 2 is 1.53 bits per heavy atom. The van der Waals surface area contributed by atoms with Crippen LogP contribution in [0.25, 0.3) is 0 Å². The summed E-state index contributed by atoms with van der Waals surface area (Å²) in [5, 5.41) is 2.30. The third kappa shape index (κ3) is 5.28. The molecule has 0 fully saturated rings. The molecule has 1 N–H and O–H groups in total. The van der Waals surface area contributed by atoms with Gasteiger partial charge in [-0.15, -0.1) is 0 Å². The second-order valence-corrected chi connectivity index (χ2v) is 7.57. The van der Waals surface area contributed by atoms with Gasteiger partial charge in [0.2, 0.25) is 5.78 Å². The minimum atomic E-state index is -1.18. The Balaban J connectivity index is 2.10. The molecular formula is C23H25F2NO4. The minimum absolute atomic E-state index is 0.377. The first kappa shape index (κ1) is 23.2. The van der Waals surface area contributed by atoms with E-state index in [-0.39, 0.29) is 5.78 Å². The van der Waals surface area contributed by atoms with Crippen molar-refractivity contribution in [1.82, 2.24) is 5.32 Å². The van der Waals surface area contributed by atoms with Crippen LogP contribution in [0.5, 0.6) is 0 Å². The van der Waals surface area contributed by atoms with Crippen molar-refractivity contribution in [2.75, 3.05) is 6.61 Å². The molecular weight excluding hydrogens is 392 g/mol. The Labute approximate surface area is 174 Å². The number of ether oxygens (including phenoxy) is 1. The molecule has 1 amide bonds. The van der Waals surface area contributed by atoms with E-state index in [1.54, 1.807) is 26.8 Å². The summed E-state index contributed by atoms with van der Waals surface area (Å²) < 4.78 is 32.8. The SMILES string of the molecule is Cc1cc(C)c(C(=O)COC(=O)[C@@H](NC(=O)c2c(F)cccc2F)C(C)C)cc1C. The molecule has 0 radical (unpaired) electrons. The van der Waals surface area contributed by atoms with Gasteiger partial charge in [0.1, 0.15) is 23.2 Å². The summed E-state index contributed by atoms with van der Waals surface area (Å²) in [5.41, 5.74) is 2.42. The average molecular weight is 417 g/mol. The molecule has 0 aromatic heterocycles. The van der Waals surface area contributed by atoms with Crippen molar-refractivity contribution in [2.24, 2.45) is 5.92 Å². The number of ketones is 1. The Hall–Kier alpha value is -3.09. The van der Waals surface area contributed by atoms with Crippen molar-refractivity contribution >= 4 is 17.7 Å². The van der Waals surface area contributed by atoms with Crippen LogP contribution in [-0.2, 0) is 9.53 Å². The van der Waals surface area contributed by atoms with Crippen LogP contribution in [0.1, 0.15) is 51.3 Å². The molecule has 0 aliphatic rings. The second kappa shape index (κ2) is 9.61. The number of amides is 1. The van der Waals surface area contributed by atoms with Gasteiger partial charge in [0.05, 0.1) is 0 Å². The quantitative estimate of drug-likeness (QED) is 0.545. The molecule has 0 bridgehead atoms. The molecule has 2 aromatic rings. The van der Waals surface area contributed by atoms with Crippen molar-refractivity contribution in [3.05, 3.63) is 69.8 Å². The molecule has 0 aliphatic carbocycles. The first-order valence-corrected chi connectivity index (χ1v) is 9.55. The fourth-order valence-corrected chi connectivity index (χ4v) is 2.99. The third-order valence-electron chi connectivity index (χ3n) is 4.88. The van der Waals surface area contributed by atoms with E-state index in [0.717, 1.165) is 34.9 Å². The van der Waals surface area contributed by atoms with Crippen LogP contribution < -0.4 is 5.32 Å². The molecule has 2 aromatic carbocycles. The van der Waals surface area contributed by atoms with E-state index in [1.165, 1.54) is 0 Å². The normalized spacial score (nSPS) is 11.9. The van der Waals surface area contributed by atoms with Crippen LogP contribution in [0.3, 0.4) is 0 Å². The van der Waals surface area contributed by atoms with E-state index in [9.17, 15) is 23.2 Å². The smallest absolute Gasteiger partial charge is 0.329 e. The minimum Gasteiger partial charge on any atom is -0.456 e. The monoisotopic (exact) mass is 417 g/mol. The predicted molar refractivity (Wildman–Crippen MR) is 108 cm³/mol. The Kier molecular flexibility index (Phi) is 7.43. The summed E-state index contributed by atoms with van der Waals surface area (Å²) in [7, 11) is 0. The topological polar surface area (TPSA) is 72.5 Å². The Morgan fingerprint density at radius 3 is 2.10 bits per heavy atom. The summed E-state index contributed by atoms with van der Waals surface area (Å²) in [4.78, 5) is 37.3. The number of rotatable bonds is 7. The van der Waals surface area contributed by atoms with Gasteiger partial charge in [-0.1, -0.05) is 26.0 Å². The van der Waals surface area contributed by atoms with Crippen LogP contribution >= 0.6 is 0 Å². The van der Waals surface area contributed by atoms with Crippen LogP contribution in [0, 0.1) is 38.3 Å². The molecule has 0 heterocycles. The van der Waals surface area contributed by atoms with E-state index >= 15 is 0 Å². The zero-order chi connectivity index (χ0) is 22.6. The number of esters is 1. The summed E-state index contributed by atoms with van der Waals surface area (Å²) in [6, 6.07) is 5.48. The van der Waals surface area contributed by atoms with Gasteiger partial charge in [-0.3, -0.25) is 9.59 Å². The molecule has 1 atom stereocenters. The number of hydrogen-bond acceptors (Lipinski definition) is 4. The average Bonchev–Trinajstić information content (AvgIpc) is 2.66. The van der Waals surface area contributed by atoms with Crippen molar-refractivity contribution in [2.45, 2.75) is 40.7 Å². The third-order valence-corrected chi connectivity index (χ3v) is 4.88. The number of halogens is 2. The van der Waals surface area contributed by atoms with Gasteiger partial charge in [-0.2, -0.15) is 0 Å². The van der Waals surface area contributed by atoms with Crippen LogP contribution in [-0.4, -0.2) is 30.3 Å². The van der Waals surface area contributed by atoms with Crippen molar-refractivity contribution in [3.63, 3.8) is 0 Å². The predicted octanol–water partition coefficient (Wildman–Crippen LogP) is 4.07. The van der Waals surface area contributed by atoms with Gasteiger partial charge in [-0.25, -0.2) is 13.6 Å². The fraction of sp³-hybridized carbons (Fsp3) is 0.348. The van der Waals surface area contributed by atoms with Gasteiger partial charge in [0, 0.05) is 5.56 Å². The first-order chi connectivity index (χ1) is 14.0. The number of Topliss-reactive ketones (excluding diaryl/α,β-unsaturated/α-hetero) is 1. The highest BCUT2D eigenvalue weighted by Gasteiger charge is 2.29. The molecule has 160 valence electrons. The largest absolute Gasteiger partial charge is 0.456 e. The van der Waals surface area contributed by atoms with Crippen LogP contribution in [0.2, 0.25) is 0 Å². The summed E-state index contributed by atoms with van der Waals surface area (Å²) in [6.45, 7) is 8.38. The molecule has 7 heteroatoms. The molecule has 2 rings (SSSR count). The zero-order valence-electron chi connectivity index (χ0n) is 17.6. The standard InChI is InChI=1S/C23H25F2NO4/c1-12(2)21(26-22(28)20-17(24)7-6-8-18(20)25)23(29)30-11-19(27)16-10-14(4)13(3)9-15(16)5/h6-10,12,21H,11H2,1-5H3,(H,26,28)/t21-/m0/s1. The lowest BCUT2D eigenvalue weighted by Gasteiger charge is -2.21. The molecule has 30 heavy (non-hydrogen) atoms. The Morgan fingerprint density at radius 1 is 0.967 bits per heavy atom. The number of benzene rings is 2. The van der Waals surface area contributed by atoms with Gasteiger partial charge < -0.3 is 10.1 Å². The maximum absolute atomic E-state index is 13.8. The van der Waals surface area contributed by atoms with Crippen molar-refractivity contribution in [1.29, 1.82) is 0 Å². The highest BCUT2D eigenvalue weighted by Crippen LogP contribution is 2.17.